The zero-order valence-corrected chi connectivity index (χ0v) is 7.86. The fourth-order valence-corrected chi connectivity index (χ4v) is 0.974. The highest BCUT2D eigenvalue weighted by Gasteiger charge is 1.94. The lowest BCUT2D eigenvalue weighted by Gasteiger charge is -2.03. The van der Waals surface area contributed by atoms with E-state index in [1.165, 1.54) is 0 Å². The summed E-state index contributed by atoms with van der Waals surface area (Å²) in [5, 5.41) is 8.79. The Kier molecular flexibility index (Phi) is 3.10. The maximum atomic E-state index is 8.79. The van der Waals surface area contributed by atoms with E-state index in [1.54, 1.807) is 0 Å². The first-order valence-electron chi connectivity index (χ1n) is 4.08. The Morgan fingerprint density at radius 3 is 2.62 bits per heavy atom. The van der Waals surface area contributed by atoms with Crippen LogP contribution < -0.4 is 0 Å². The highest BCUT2D eigenvalue weighted by atomic mass is 15.0. The lowest BCUT2D eigenvalue weighted by molar-refractivity contribution is 0.567. The Bertz CT molecular complexity index is 345. The van der Waals surface area contributed by atoms with Gasteiger partial charge in [0.15, 0.2) is 0 Å². The average molecular weight is 172 g/mol. The molecule has 0 amide bonds. The molecule has 13 heavy (non-hydrogen) atoms. The molecule has 1 rings (SSSR count). The molecule has 0 aliphatic carbocycles. The summed E-state index contributed by atoms with van der Waals surface area (Å²) < 4.78 is 0. The molecule has 1 aromatic carbocycles. The Hall–Kier alpha value is -1.75. The van der Waals surface area contributed by atoms with Gasteiger partial charge in [0.2, 0.25) is 0 Å². The second kappa shape index (κ2) is 4.32. The van der Waals surface area contributed by atoms with Gasteiger partial charge in [-0.2, -0.15) is 5.26 Å². The first-order valence-corrected chi connectivity index (χ1v) is 4.08. The van der Waals surface area contributed by atoms with Crippen LogP contribution >= 0.6 is 0 Å². The molecule has 0 atom stereocenters. The van der Waals surface area contributed by atoms with Crippen molar-refractivity contribution in [3.8, 4) is 6.07 Å². The van der Waals surface area contributed by atoms with E-state index in [4.69, 9.17) is 5.26 Å². The van der Waals surface area contributed by atoms with Crippen molar-refractivity contribution in [2.45, 2.75) is 0 Å². The largest absolute Gasteiger partial charge is 0.383 e. The lowest BCUT2D eigenvalue weighted by Crippen LogP contribution is -1.99. The number of benzene rings is 1. The average Bonchev–Trinajstić information content (AvgIpc) is 2.15. The van der Waals surface area contributed by atoms with Gasteiger partial charge in [0.05, 0.1) is 11.6 Å². The Balaban J connectivity index is 2.95. The van der Waals surface area contributed by atoms with Gasteiger partial charge in [-0.15, -0.1) is 0 Å². The summed E-state index contributed by atoms with van der Waals surface area (Å²) in [7, 11) is 3.90. The van der Waals surface area contributed by atoms with Gasteiger partial charge in [-0.25, -0.2) is 0 Å². The summed E-state index contributed by atoms with van der Waals surface area (Å²) in [6.07, 6.45) is 3.86. The van der Waals surface area contributed by atoms with Crippen molar-refractivity contribution in [3.05, 3.63) is 41.6 Å². The van der Waals surface area contributed by atoms with E-state index < -0.39 is 0 Å². The number of rotatable bonds is 2. The maximum Gasteiger partial charge on any atom is 0.0997 e. The minimum Gasteiger partial charge on any atom is -0.383 e. The van der Waals surface area contributed by atoms with Crippen molar-refractivity contribution < 1.29 is 0 Å². The highest BCUT2D eigenvalue weighted by Crippen LogP contribution is 2.08. The number of nitriles is 1. The molecule has 0 aliphatic rings. The summed E-state index contributed by atoms with van der Waals surface area (Å²) in [6.45, 7) is 0. The van der Waals surface area contributed by atoms with E-state index in [1.807, 2.05) is 55.5 Å². The van der Waals surface area contributed by atoms with E-state index in [9.17, 15) is 0 Å². The van der Waals surface area contributed by atoms with Crippen LogP contribution in [0.1, 0.15) is 11.1 Å². The topological polar surface area (TPSA) is 27.0 Å². The Morgan fingerprint density at radius 2 is 2.00 bits per heavy atom. The van der Waals surface area contributed by atoms with Gasteiger partial charge in [-0.3, -0.25) is 0 Å². The summed E-state index contributed by atoms with van der Waals surface area (Å²) in [4.78, 5) is 1.94. The van der Waals surface area contributed by atoms with Gasteiger partial charge >= 0.3 is 0 Å². The maximum absolute atomic E-state index is 8.79. The third-order valence-corrected chi connectivity index (χ3v) is 1.63. The van der Waals surface area contributed by atoms with Gasteiger partial charge in [-0.05, 0) is 23.9 Å². The second-order valence-corrected chi connectivity index (χ2v) is 2.98. The molecule has 0 aromatic heterocycles. The summed E-state index contributed by atoms with van der Waals surface area (Å²) in [5.41, 5.74) is 1.67. The SMILES string of the molecule is CN(C)/C=C/c1ccccc1C#N. The molecule has 0 spiro atoms. The molecular weight excluding hydrogens is 160 g/mol. The van der Waals surface area contributed by atoms with Crippen LogP contribution in [-0.4, -0.2) is 19.0 Å². The van der Waals surface area contributed by atoms with Crippen LogP contribution in [0.3, 0.4) is 0 Å². The molecule has 0 heterocycles. The smallest absolute Gasteiger partial charge is 0.0997 e. The molecule has 2 nitrogen and oxygen atoms in total. The van der Waals surface area contributed by atoms with Crippen LogP contribution in [0, 0.1) is 11.3 Å². The van der Waals surface area contributed by atoms with Crippen molar-refractivity contribution in [1.29, 1.82) is 5.26 Å². The molecule has 0 saturated carbocycles. The molecule has 0 saturated heterocycles. The van der Waals surface area contributed by atoms with Crippen molar-refractivity contribution in [1.82, 2.24) is 4.90 Å². The zero-order chi connectivity index (χ0) is 9.68. The minimum atomic E-state index is 0.709. The van der Waals surface area contributed by atoms with Gasteiger partial charge in [0, 0.05) is 14.1 Å². The van der Waals surface area contributed by atoms with E-state index >= 15 is 0 Å². The normalized spacial score (nSPS) is 9.92. The predicted octanol–water partition coefficient (Wildman–Crippen LogP) is 2.09. The fraction of sp³-hybridized carbons (Fsp3) is 0.182. The van der Waals surface area contributed by atoms with Crippen molar-refractivity contribution in [2.24, 2.45) is 0 Å². The fourth-order valence-electron chi connectivity index (χ4n) is 0.974. The summed E-state index contributed by atoms with van der Waals surface area (Å²) in [5.74, 6) is 0. The molecule has 0 N–H and O–H groups in total. The van der Waals surface area contributed by atoms with Crippen LogP contribution in [-0.2, 0) is 0 Å². The molecule has 0 fully saturated rings. The van der Waals surface area contributed by atoms with E-state index in [2.05, 4.69) is 6.07 Å². The number of hydrogen-bond acceptors (Lipinski definition) is 2. The minimum absolute atomic E-state index is 0.709. The van der Waals surface area contributed by atoms with Gasteiger partial charge in [0.25, 0.3) is 0 Å². The monoisotopic (exact) mass is 172 g/mol. The Morgan fingerprint density at radius 1 is 1.31 bits per heavy atom. The van der Waals surface area contributed by atoms with Crippen molar-refractivity contribution >= 4 is 6.08 Å². The van der Waals surface area contributed by atoms with E-state index in [0.717, 1.165) is 5.56 Å². The third-order valence-electron chi connectivity index (χ3n) is 1.63. The van der Waals surface area contributed by atoms with Crippen LogP contribution in [0.15, 0.2) is 30.5 Å². The van der Waals surface area contributed by atoms with Gasteiger partial charge in [-0.1, -0.05) is 18.2 Å². The standard InChI is InChI=1S/C11H12N2/c1-13(2)8-7-10-5-3-4-6-11(10)9-12/h3-8H,1-2H3/b8-7+. The van der Waals surface area contributed by atoms with Crippen molar-refractivity contribution in [2.75, 3.05) is 14.1 Å². The number of nitrogens with zero attached hydrogens (tertiary/aromatic N) is 2. The highest BCUT2D eigenvalue weighted by molar-refractivity contribution is 5.57. The zero-order valence-electron chi connectivity index (χ0n) is 7.86. The number of hydrogen-bond donors (Lipinski definition) is 0. The first-order chi connectivity index (χ1) is 6.24. The molecule has 2 heteroatoms. The van der Waals surface area contributed by atoms with E-state index in [-0.39, 0.29) is 0 Å². The van der Waals surface area contributed by atoms with Crippen LogP contribution in [0.25, 0.3) is 6.08 Å². The second-order valence-electron chi connectivity index (χ2n) is 2.98. The first kappa shape index (κ1) is 9.34. The molecular formula is C11H12N2. The lowest BCUT2D eigenvalue weighted by atomic mass is 10.1. The third kappa shape index (κ3) is 2.64. The molecule has 1 aromatic rings. The molecule has 0 unspecified atom stereocenters. The van der Waals surface area contributed by atoms with Crippen LogP contribution in [0.4, 0.5) is 0 Å². The van der Waals surface area contributed by atoms with E-state index in [0.29, 0.717) is 5.56 Å². The van der Waals surface area contributed by atoms with Gasteiger partial charge in [0.1, 0.15) is 0 Å². The molecule has 0 bridgehead atoms. The molecule has 0 aliphatic heterocycles. The van der Waals surface area contributed by atoms with Crippen molar-refractivity contribution in [3.63, 3.8) is 0 Å². The summed E-state index contributed by atoms with van der Waals surface area (Å²) in [6, 6.07) is 9.69. The quantitative estimate of drug-likeness (QED) is 0.683. The summed E-state index contributed by atoms with van der Waals surface area (Å²) >= 11 is 0. The Labute approximate surface area is 78.7 Å². The molecule has 0 radical (unpaired) electrons. The van der Waals surface area contributed by atoms with Gasteiger partial charge < -0.3 is 4.90 Å². The van der Waals surface area contributed by atoms with Crippen LogP contribution in [0.2, 0.25) is 0 Å². The predicted molar refractivity (Wildman–Crippen MR) is 53.9 cm³/mol. The van der Waals surface area contributed by atoms with Crippen LogP contribution in [0.5, 0.6) is 0 Å². The molecule has 66 valence electrons.